The Labute approximate surface area is 131 Å². The molecule has 0 radical (unpaired) electrons. The van der Waals surface area contributed by atoms with E-state index >= 15 is 0 Å². The lowest BCUT2D eigenvalue weighted by Crippen LogP contribution is -1.80. The van der Waals surface area contributed by atoms with Crippen molar-refractivity contribution in [1.82, 2.24) is 0 Å². The van der Waals surface area contributed by atoms with Gasteiger partial charge in [0, 0.05) is 26.4 Å². The number of rotatable bonds is 1. The average Bonchev–Trinajstić information content (AvgIpc) is 2.85. The number of fused-ring (bicyclic) bond motifs is 3. The van der Waals surface area contributed by atoms with E-state index < -0.39 is 0 Å². The second-order valence-corrected chi connectivity index (χ2v) is 5.78. The summed E-state index contributed by atoms with van der Waals surface area (Å²) >= 11 is 12.3. The minimum atomic E-state index is 0.638. The molecule has 0 spiro atoms. The van der Waals surface area contributed by atoms with Crippen LogP contribution in [0.4, 0.5) is 0 Å². The molecule has 0 atom stereocenters. The summed E-state index contributed by atoms with van der Waals surface area (Å²) < 4.78 is 5.84. The van der Waals surface area contributed by atoms with Gasteiger partial charge < -0.3 is 4.42 Å². The lowest BCUT2D eigenvalue weighted by molar-refractivity contribution is 0.669. The van der Waals surface area contributed by atoms with Crippen LogP contribution in [-0.2, 0) is 0 Å². The second kappa shape index (κ2) is 4.80. The Balaban J connectivity index is 1.99. The topological polar surface area (TPSA) is 13.1 Å². The van der Waals surface area contributed by atoms with Crippen molar-refractivity contribution in [2.24, 2.45) is 0 Å². The predicted molar refractivity (Wildman–Crippen MR) is 89.2 cm³/mol. The first kappa shape index (κ1) is 12.8. The Bertz CT molecular complexity index is 969. The summed E-state index contributed by atoms with van der Waals surface area (Å²) in [5.74, 6) is 0. The molecule has 0 fully saturated rings. The molecule has 3 aromatic carbocycles. The molecular formula is C18H10Cl2O. The number of furan rings is 1. The maximum absolute atomic E-state index is 6.30. The largest absolute Gasteiger partial charge is 0.456 e. The molecule has 0 N–H and O–H groups in total. The first-order valence-electron chi connectivity index (χ1n) is 6.59. The summed E-state index contributed by atoms with van der Waals surface area (Å²) in [6.07, 6.45) is 0. The van der Waals surface area contributed by atoms with E-state index in [1.165, 1.54) is 0 Å². The molecule has 0 unspecified atom stereocenters. The molecule has 0 aliphatic heterocycles. The zero-order valence-electron chi connectivity index (χ0n) is 10.9. The monoisotopic (exact) mass is 312 g/mol. The Morgan fingerprint density at radius 2 is 1.52 bits per heavy atom. The number of para-hydroxylation sites is 1. The fourth-order valence-corrected chi connectivity index (χ4v) is 3.13. The van der Waals surface area contributed by atoms with Crippen molar-refractivity contribution in [3.8, 4) is 11.1 Å². The van der Waals surface area contributed by atoms with Crippen LogP contribution in [0.3, 0.4) is 0 Å². The van der Waals surface area contributed by atoms with Gasteiger partial charge >= 0.3 is 0 Å². The van der Waals surface area contributed by atoms with Crippen LogP contribution < -0.4 is 0 Å². The van der Waals surface area contributed by atoms with Crippen LogP contribution in [0.2, 0.25) is 10.0 Å². The fraction of sp³-hybridized carbons (Fsp3) is 0. The van der Waals surface area contributed by atoms with Crippen LogP contribution in [0.25, 0.3) is 33.1 Å². The van der Waals surface area contributed by atoms with Crippen LogP contribution >= 0.6 is 23.2 Å². The van der Waals surface area contributed by atoms with Gasteiger partial charge in [0.2, 0.25) is 0 Å². The summed E-state index contributed by atoms with van der Waals surface area (Å²) in [5, 5.41) is 3.49. The average molecular weight is 313 g/mol. The number of hydrogen-bond acceptors (Lipinski definition) is 1. The molecular weight excluding hydrogens is 303 g/mol. The van der Waals surface area contributed by atoms with E-state index in [1.807, 2.05) is 42.5 Å². The maximum atomic E-state index is 6.30. The number of benzene rings is 3. The highest BCUT2D eigenvalue weighted by Crippen LogP contribution is 2.35. The van der Waals surface area contributed by atoms with Gasteiger partial charge in [-0.25, -0.2) is 0 Å². The molecule has 0 aliphatic rings. The third kappa shape index (κ3) is 2.10. The fourth-order valence-electron chi connectivity index (χ4n) is 2.62. The molecule has 21 heavy (non-hydrogen) atoms. The van der Waals surface area contributed by atoms with Gasteiger partial charge in [0.15, 0.2) is 0 Å². The van der Waals surface area contributed by atoms with Gasteiger partial charge in [-0.05, 0) is 35.9 Å². The molecule has 0 amide bonds. The van der Waals surface area contributed by atoms with Crippen molar-refractivity contribution in [3.63, 3.8) is 0 Å². The van der Waals surface area contributed by atoms with E-state index in [9.17, 15) is 0 Å². The van der Waals surface area contributed by atoms with E-state index in [0.717, 1.165) is 33.1 Å². The van der Waals surface area contributed by atoms with Crippen molar-refractivity contribution in [3.05, 3.63) is 70.7 Å². The van der Waals surface area contributed by atoms with Gasteiger partial charge in [0.1, 0.15) is 11.2 Å². The molecule has 4 aromatic rings. The van der Waals surface area contributed by atoms with Gasteiger partial charge in [-0.3, -0.25) is 0 Å². The molecule has 0 bridgehead atoms. The predicted octanol–water partition coefficient (Wildman–Crippen LogP) is 6.56. The lowest BCUT2D eigenvalue weighted by atomic mass is 10.0. The Morgan fingerprint density at radius 3 is 2.38 bits per heavy atom. The van der Waals surface area contributed by atoms with E-state index in [4.69, 9.17) is 27.6 Å². The second-order valence-electron chi connectivity index (χ2n) is 4.93. The van der Waals surface area contributed by atoms with Crippen molar-refractivity contribution in [2.75, 3.05) is 0 Å². The maximum Gasteiger partial charge on any atom is 0.135 e. The minimum absolute atomic E-state index is 0.638. The van der Waals surface area contributed by atoms with Gasteiger partial charge in [0.05, 0.1) is 0 Å². The first-order valence-corrected chi connectivity index (χ1v) is 7.35. The Morgan fingerprint density at radius 1 is 0.714 bits per heavy atom. The lowest BCUT2D eigenvalue weighted by Gasteiger charge is -2.05. The molecule has 102 valence electrons. The Hall–Kier alpha value is -1.96. The Kier molecular flexibility index (Phi) is 2.91. The van der Waals surface area contributed by atoms with Crippen LogP contribution in [0.1, 0.15) is 0 Å². The van der Waals surface area contributed by atoms with Crippen molar-refractivity contribution in [2.45, 2.75) is 0 Å². The smallest absolute Gasteiger partial charge is 0.135 e. The van der Waals surface area contributed by atoms with E-state index in [-0.39, 0.29) is 0 Å². The normalized spacial score (nSPS) is 11.3. The third-order valence-electron chi connectivity index (χ3n) is 3.62. The summed E-state index contributed by atoms with van der Waals surface area (Å²) in [5.41, 5.74) is 3.79. The van der Waals surface area contributed by atoms with Gasteiger partial charge in [-0.1, -0.05) is 53.5 Å². The van der Waals surface area contributed by atoms with Crippen LogP contribution in [-0.4, -0.2) is 0 Å². The molecule has 1 nitrogen and oxygen atoms in total. The van der Waals surface area contributed by atoms with E-state index in [1.54, 1.807) is 6.07 Å². The zero-order valence-corrected chi connectivity index (χ0v) is 12.4. The molecule has 0 saturated heterocycles. The third-order valence-corrected chi connectivity index (χ3v) is 4.17. The van der Waals surface area contributed by atoms with Crippen LogP contribution in [0.15, 0.2) is 65.1 Å². The summed E-state index contributed by atoms with van der Waals surface area (Å²) in [6.45, 7) is 0. The van der Waals surface area contributed by atoms with Crippen LogP contribution in [0.5, 0.6) is 0 Å². The molecule has 1 heterocycles. The minimum Gasteiger partial charge on any atom is -0.456 e. The summed E-state index contributed by atoms with van der Waals surface area (Å²) in [7, 11) is 0. The standard InChI is InChI=1S/C18H10Cl2O/c19-12-6-7-13(16(20)10-12)11-5-8-18-15(9-11)14-3-1-2-4-17(14)21-18/h1-10H. The van der Waals surface area contributed by atoms with Gasteiger partial charge in [0.25, 0.3) is 0 Å². The number of halogens is 2. The first-order chi connectivity index (χ1) is 10.2. The number of hydrogen-bond donors (Lipinski definition) is 0. The zero-order chi connectivity index (χ0) is 14.4. The van der Waals surface area contributed by atoms with Crippen molar-refractivity contribution in [1.29, 1.82) is 0 Å². The van der Waals surface area contributed by atoms with E-state index in [2.05, 4.69) is 12.1 Å². The molecule has 3 heteroatoms. The van der Waals surface area contributed by atoms with E-state index in [0.29, 0.717) is 10.0 Å². The van der Waals surface area contributed by atoms with Gasteiger partial charge in [-0.15, -0.1) is 0 Å². The highest BCUT2D eigenvalue weighted by atomic mass is 35.5. The van der Waals surface area contributed by atoms with Crippen molar-refractivity contribution >= 4 is 45.1 Å². The molecule has 1 aromatic heterocycles. The SMILES string of the molecule is Clc1ccc(-c2ccc3oc4ccccc4c3c2)c(Cl)c1. The quantitative estimate of drug-likeness (QED) is 0.388. The van der Waals surface area contributed by atoms with Crippen molar-refractivity contribution < 1.29 is 4.42 Å². The summed E-state index contributed by atoms with van der Waals surface area (Å²) in [6, 6.07) is 19.7. The molecule has 0 aliphatic carbocycles. The molecule has 0 saturated carbocycles. The summed E-state index contributed by atoms with van der Waals surface area (Å²) in [4.78, 5) is 0. The highest BCUT2D eigenvalue weighted by molar-refractivity contribution is 6.36. The van der Waals surface area contributed by atoms with Crippen LogP contribution in [0, 0.1) is 0 Å². The molecule has 4 rings (SSSR count). The van der Waals surface area contributed by atoms with Gasteiger partial charge in [-0.2, -0.15) is 0 Å². The highest BCUT2D eigenvalue weighted by Gasteiger charge is 2.09.